The van der Waals surface area contributed by atoms with Crippen molar-refractivity contribution in [3.05, 3.63) is 58.2 Å². The van der Waals surface area contributed by atoms with Gasteiger partial charge in [0.15, 0.2) is 12.4 Å². The fraction of sp³-hybridized carbons (Fsp3) is 0.316. The number of hydrogen-bond donors (Lipinski definition) is 0. The predicted octanol–water partition coefficient (Wildman–Crippen LogP) is 4.73. The smallest absolute Gasteiger partial charge is 0.338 e. The molecule has 1 aromatic carbocycles. The highest BCUT2D eigenvalue weighted by Gasteiger charge is 2.20. The molecule has 0 aliphatic rings. The third kappa shape index (κ3) is 5.44. The molecular weight excluding hydrogens is 398 g/mol. The van der Waals surface area contributed by atoms with Gasteiger partial charge in [0.05, 0.1) is 21.6 Å². The van der Waals surface area contributed by atoms with E-state index in [1.54, 1.807) is 18.2 Å². The van der Waals surface area contributed by atoms with Crippen molar-refractivity contribution in [1.29, 1.82) is 0 Å². The van der Waals surface area contributed by atoms with Crippen LogP contribution >= 0.6 is 11.8 Å². The Morgan fingerprint density at radius 3 is 2.83 bits per heavy atom. The summed E-state index contributed by atoms with van der Waals surface area (Å²) in [6.07, 6.45) is 2.41. The first kappa shape index (κ1) is 20.6. The summed E-state index contributed by atoms with van der Waals surface area (Å²) >= 11 is 1.40. The Balaban J connectivity index is 1.64. The average Bonchev–Trinajstić information content (AvgIpc) is 3.37. The van der Waals surface area contributed by atoms with Crippen molar-refractivity contribution in [1.82, 2.24) is 10.2 Å². The Morgan fingerprint density at radius 1 is 1.31 bits per heavy atom. The zero-order valence-electron chi connectivity index (χ0n) is 15.9. The Kier molecular flexibility index (Phi) is 6.65. The van der Waals surface area contributed by atoms with E-state index in [1.165, 1.54) is 30.2 Å². The number of benzene rings is 1. The summed E-state index contributed by atoms with van der Waals surface area (Å²) in [5.74, 6) is 1.20. The number of hydrogen-bond acceptors (Lipinski definition) is 9. The topological polar surface area (TPSA) is 122 Å². The van der Waals surface area contributed by atoms with Crippen LogP contribution in [-0.2, 0) is 11.3 Å². The van der Waals surface area contributed by atoms with E-state index in [0.29, 0.717) is 16.6 Å². The van der Waals surface area contributed by atoms with E-state index in [4.69, 9.17) is 13.6 Å². The van der Waals surface area contributed by atoms with Crippen molar-refractivity contribution in [3.63, 3.8) is 0 Å². The van der Waals surface area contributed by atoms with Gasteiger partial charge in [-0.2, -0.15) is 0 Å². The molecule has 0 saturated heterocycles. The normalized spacial score (nSPS) is 11.0. The molecule has 0 bridgehead atoms. The number of nitro benzene ring substituents is 1. The number of carbonyl (C=O) groups excluding carboxylic acids is 1. The lowest BCUT2D eigenvalue weighted by atomic mass is 10.2. The van der Waals surface area contributed by atoms with Crippen LogP contribution in [0.15, 0.2) is 50.3 Å². The number of nitrogens with zero attached hydrogens (tertiary/aromatic N) is 3. The SMILES string of the molecule is CC(C)CCSc1ccc(C(=O)OCc2nnc(-c3ccco3)o2)cc1[N+](=O)[O-]. The molecule has 10 heteroatoms. The molecule has 9 nitrogen and oxygen atoms in total. The van der Waals surface area contributed by atoms with Gasteiger partial charge >= 0.3 is 5.97 Å². The third-order valence-corrected chi connectivity index (χ3v) is 4.97. The lowest BCUT2D eigenvalue weighted by Gasteiger charge is -2.07. The zero-order valence-corrected chi connectivity index (χ0v) is 16.7. The van der Waals surface area contributed by atoms with Crippen LogP contribution in [0.4, 0.5) is 5.69 Å². The summed E-state index contributed by atoms with van der Waals surface area (Å²) in [6, 6.07) is 7.64. The van der Waals surface area contributed by atoms with Crippen molar-refractivity contribution in [2.24, 2.45) is 5.92 Å². The van der Waals surface area contributed by atoms with Crippen molar-refractivity contribution >= 4 is 23.4 Å². The second-order valence-electron chi connectivity index (χ2n) is 6.52. The molecule has 2 heterocycles. The van der Waals surface area contributed by atoms with E-state index in [2.05, 4.69) is 24.0 Å². The van der Waals surface area contributed by atoms with Gasteiger partial charge in [0.25, 0.3) is 17.5 Å². The Bertz CT molecular complexity index is 984. The summed E-state index contributed by atoms with van der Waals surface area (Å²) in [5.41, 5.74) is -0.0400. The predicted molar refractivity (Wildman–Crippen MR) is 104 cm³/mol. The van der Waals surface area contributed by atoms with Gasteiger partial charge in [-0.05, 0) is 42.4 Å². The maximum atomic E-state index is 12.3. The minimum atomic E-state index is -0.718. The molecule has 0 fully saturated rings. The number of thioether (sulfide) groups is 1. The molecule has 0 atom stereocenters. The molecule has 29 heavy (non-hydrogen) atoms. The average molecular weight is 417 g/mol. The molecule has 0 radical (unpaired) electrons. The highest BCUT2D eigenvalue weighted by Crippen LogP contribution is 2.31. The Morgan fingerprint density at radius 2 is 2.14 bits per heavy atom. The van der Waals surface area contributed by atoms with Crippen LogP contribution < -0.4 is 0 Å². The van der Waals surface area contributed by atoms with Gasteiger partial charge in [-0.25, -0.2) is 4.79 Å². The lowest BCUT2D eigenvalue weighted by molar-refractivity contribution is -0.387. The first-order chi connectivity index (χ1) is 13.9. The van der Waals surface area contributed by atoms with Crippen molar-refractivity contribution < 1.29 is 23.3 Å². The molecule has 152 valence electrons. The van der Waals surface area contributed by atoms with Gasteiger partial charge in [0, 0.05) is 6.07 Å². The molecule has 3 rings (SSSR count). The Hall–Kier alpha value is -3.14. The first-order valence-electron chi connectivity index (χ1n) is 8.88. The van der Waals surface area contributed by atoms with E-state index in [0.717, 1.165) is 12.2 Å². The van der Waals surface area contributed by atoms with Gasteiger partial charge in [0.1, 0.15) is 0 Å². The standard InChI is InChI=1S/C19H19N3O6S/c1-12(2)7-9-29-16-6-5-13(10-14(16)22(24)25)19(23)27-11-17-20-21-18(28-17)15-4-3-8-26-15/h3-6,8,10,12H,7,9,11H2,1-2H3. The first-order valence-corrected chi connectivity index (χ1v) is 9.87. The molecule has 0 saturated carbocycles. The van der Waals surface area contributed by atoms with Crippen molar-refractivity contribution in [2.75, 3.05) is 5.75 Å². The number of carbonyl (C=O) groups is 1. The van der Waals surface area contributed by atoms with Crippen molar-refractivity contribution in [3.8, 4) is 11.7 Å². The number of furan rings is 1. The van der Waals surface area contributed by atoms with Gasteiger partial charge in [-0.3, -0.25) is 10.1 Å². The highest BCUT2D eigenvalue weighted by atomic mass is 32.2. The highest BCUT2D eigenvalue weighted by molar-refractivity contribution is 7.99. The largest absolute Gasteiger partial charge is 0.459 e. The maximum absolute atomic E-state index is 12.3. The second-order valence-corrected chi connectivity index (χ2v) is 7.66. The van der Waals surface area contributed by atoms with Crippen LogP contribution in [0.1, 0.15) is 36.5 Å². The minimum absolute atomic E-state index is 0.0793. The van der Waals surface area contributed by atoms with Crippen LogP contribution in [-0.4, -0.2) is 26.8 Å². The maximum Gasteiger partial charge on any atom is 0.338 e. The van der Waals surface area contributed by atoms with E-state index in [1.807, 2.05) is 0 Å². The monoisotopic (exact) mass is 417 g/mol. The van der Waals surface area contributed by atoms with Crippen LogP contribution in [0.3, 0.4) is 0 Å². The quantitative estimate of drug-likeness (QED) is 0.210. The number of esters is 1. The van der Waals surface area contributed by atoms with Crippen LogP contribution in [0.5, 0.6) is 0 Å². The van der Waals surface area contributed by atoms with Gasteiger partial charge in [0.2, 0.25) is 0 Å². The van der Waals surface area contributed by atoms with Crippen LogP contribution in [0, 0.1) is 16.0 Å². The third-order valence-electron chi connectivity index (χ3n) is 3.87. The molecule has 0 spiro atoms. The Labute approximate surface area is 170 Å². The molecule has 0 N–H and O–H groups in total. The van der Waals surface area contributed by atoms with E-state index < -0.39 is 10.9 Å². The molecule has 0 amide bonds. The van der Waals surface area contributed by atoms with E-state index in [9.17, 15) is 14.9 Å². The van der Waals surface area contributed by atoms with Crippen LogP contribution in [0.25, 0.3) is 11.7 Å². The summed E-state index contributed by atoms with van der Waals surface area (Å²) < 4.78 is 15.6. The van der Waals surface area contributed by atoms with Crippen LogP contribution in [0.2, 0.25) is 0 Å². The van der Waals surface area contributed by atoms with E-state index >= 15 is 0 Å². The number of aromatic nitrogens is 2. The lowest BCUT2D eigenvalue weighted by Crippen LogP contribution is -2.06. The number of nitro groups is 1. The van der Waals surface area contributed by atoms with Gasteiger partial charge in [-0.1, -0.05) is 13.8 Å². The molecule has 2 aromatic heterocycles. The number of ether oxygens (including phenoxy) is 1. The molecule has 0 aliphatic heterocycles. The minimum Gasteiger partial charge on any atom is -0.459 e. The summed E-state index contributed by atoms with van der Waals surface area (Å²) in [6.45, 7) is 3.93. The fourth-order valence-electron chi connectivity index (χ4n) is 2.34. The summed E-state index contributed by atoms with van der Waals surface area (Å²) in [7, 11) is 0. The zero-order chi connectivity index (χ0) is 20.8. The van der Waals surface area contributed by atoms with E-state index in [-0.39, 0.29) is 29.6 Å². The molecule has 0 unspecified atom stereocenters. The molecular formula is C19H19N3O6S. The van der Waals surface area contributed by atoms with Gasteiger partial charge < -0.3 is 13.6 Å². The second kappa shape index (κ2) is 9.37. The molecule has 0 aliphatic carbocycles. The fourth-order valence-corrected chi connectivity index (χ4v) is 3.59. The van der Waals surface area contributed by atoms with Crippen molar-refractivity contribution in [2.45, 2.75) is 31.8 Å². The van der Waals surface area contributed by atoms with Gasteiger partial charge in [-0.15, -0.1) is 22.0 Å². The summed E-state index contributed by atoms with van der Waals surface area (Å²) in [5, 5.41) is 19.0. The molecule has 3 aromatic rings. The summed E-state index contributed by atoms with van der Waals surface area (Å²) in [4.78, 5) is 23.7. The number of rotatable bonds is 9.